The summed E-state index contributed by atoms with van der Waals surface area (Å²) in [5, 5.41) is 11.9. The predicted molar refractivity (Wildman–Crippen MR) is 110 cm³/mol. The molecule has 4 nitrogen and oxygen atoms in total. The van der Waals surface area contributed by atoms with Crippen LogP contribution in [0.5, 0.6) is 0 Å². The van der Waals surface area contributed by atoms with E-state index in [0.29, 0.717) is 24.1 Å². The zero-order valence-corrected chi connectivity index (χ0v) is 16.2. The van der Waals surface area contributed by atoms with E-state index in [-0.39, 0.29) is 17.4 Å². The lowest BCUT2D eigenvalue weighted by Gasteiger charge is -2.25. The summed E-state index contributed by atoms with van der Waals surface area (Å²) < 4.78 is 38.4. The highest BCUT2D eigenvalue weighted by Crippen LogP contribution is 2.34. The van der Waals surface area contributed by atoms with Crippen molar-refractivity contribution in [3.8, 4) is 11.1 Å². The predicted octanol–water partition coefficient (Wildman–Crippen LogP) is 5.42. The molecule has 0 radical (unpaired) electrons. The van der Waals surface area contributed by atoms with Crippen molar-refractivity contribution in [2.45, 2.75) is 19.0 Å². The Kier molecular flexibility index (Phi) is 5.27. The molecule has 0 aliphatic carbocycles. The number of carbonyl (C=O) groups excluding carboxylic acids is 1. The number of alkyl halides is 3. The number of aromatic carboxylic acids is 1. The van der Waals surface area contributed by atoms with E-state index in [1.54, 1.807) is 24.3 Å². The molecule has 3 aromatic rings. The lowest BCUT2D eigenvalue weighted by molar-refractivity contribution is -0.137. The van der Waals surface area contributed by atoms with Gasteiger partial charge in [-0.2, -0.15) is 13.2 Å². The summed E-state index contributed by atoms with van der Waals surface area (Å²) in [4.78, 5) is 23.5. The first-order valence-electron chi connectivity index (χ1n) is 9.64. The molecule has 1 amide bonds. The molecule has 1 aliphatic rings. The molecule has 0 saturated heterocycles. The van der Waals surface area contributed by atoms with Crippen LogP contribution >= 0.6 is 0 Å². The van der Waals surface area contributed by atoms with Gasteiger partial charge in [0.25, 0.3) is 0 Å². The van der Waals surface area contributed by atoms with Gasteiger partial charge in [0.05, 0.1) is 11.1 Å². The Morgan fingerprint density at radius 1 is 0.968 bits per heavy atom. The maximum Gasteiger partial charge on any atom is 0.416 e. The lowest BCUT2D eigenvalue weighted by atomic mass is 9.86. The Morgan fingerprint density at radius 2 is 1.61 bits per heavy atom. The van der Waals surface area contributed by atoms with E-state index in [0.717, 1.165) is 28.8 Å². The second-order valence-electron chi connectivity index (χ2n) is 7.54. The first-order valence-corrected chi connectivity index (χ1v) is 9.64. The zero-order valence-electron chi connectivity index (χ0n) is 16.2. The Hall–Kier alpha value is -3.61. The number of carboxylic acids is 1. The maximum atomic E-state index is 12.8. The van der Waals surface area contributed by atoms with Crippen molar-refractivity contribution in [1.82, 2.24) is 0 Å². The Labute approximate surface area is 176 Å². The zero-order chi connectivity index (χ0) is 22.2. The average Bonchev–Trinajstić information content (AvgIpc) is 2.74. The standard InChI is InChI=1S/C24H18F3NO3/c25-24(26,27)20-8-5-15(6-9-20)17-7-10-21-18(12-17)13-19(22(29)28-21)11-14-1-3-16(4-2-14)23(30)31/h1-10,12,19H,11,13H2,(H,28,29)(H,30,31). The highest BCUT2D eigenvalue weighted by atomic mass is 19.4. The van der Waals surface area contributed by atoms with Crippen LogP contribution in [0.4, 0.5) is 18.9 Å². The fraction of sp³-hybridized carbons (Fsp3) is 0.167. The highest BCUT2D eigenvalue weighted by Gasteiger charge is 2.30. The number of hydrogen-bond donors (Lipinski definition) is 2. The van der Waals surface area contributed by atoms with Crippen molar-refractivity contribution in [2.24, 2.45) is 5.92 Å². The third kappa shape index (κ3) is 4.45. The Bertz CT molecular complexity index is 1140. The number of halogens is 3. The molecular weight excluding hydrogens is 407 g/mol. The summed E-state index contributed by atoms with van der Waals surface area (Å²) in [6.07, 6.45) is -3.44. The summed E-state index contributed by atoms with van der Waals surface area (Å²) >= 11 is 0. The quantitative estimate of drug-likeness (QED) is 0.586. The van der Waals surface area contributed by atoms with Crippen molar-refractivity contribution in [3.05, 3.63) is 89.0 Å². The summed E-state index contributed by atoms with van der Waals surface area (Å²) in [5.41, 5.74) is 3.37. The molecule has 1 heterocycles. The van der Waals surface area contributed by atoms with Gasteiger partial charge in [0.1, 0.15) is 0 Å². The molecule has 0 aromatic heterocycles. The number of carbonyl (C=O) groups is 2. The topological polar surface area (TPSA) is 66.4 Å². The number of nitrogens with one attached hydrogen (secondary N) is 1. The Morgan fingerprint density at radius 3 is 2.23 bits per heavy atom. The van der Waals surface area contributed by atoms with Gasteiger partial charge in [-0.25, -0.2) is 4.79 Å². The van der Waals surface area contributed by atoms with E-state index in [4.69, 9.17) is 5.11 Å². The number of anilines is 1. The summed E-state index contributed by atoms with van der Waals surface area (Å²) in [6.45, 7) is 0. The number of fused-ring (bicyclic) bond motifs is 1. The van der Waals surface area contributed by atoms with Crippen LogP contribution in [-0.4, -0.2) is 17.0 Å². The average molecular weight is 425 g/mol. The molecule has 0 saturated carbocycles. The van der Waals surface area contributed by atoms with Crippen molar-refractivity contribution >= 4 is 17.6 Å². The van der Waals surface area contributed by atoms with Gasteiger partial charge < -0.3 is 10.4 Å². The molecule has 2 N–H and O–H groups in total. The SMILES string of the molecule is O=C(O)c1ccc(CC2Cc3cc(-c4ccc(C(F)(F)F)cc4)ccc3NC2=O)cc1. The highest BCUT2D eigenvalue weighted by molar-refractivity contribution is 5.96. The minimum Gasteiger partial charge on any atom is -0.478 e. The van der Waals surface area contributed by atoms with Crippen LogP contribution in [0.1, 0.15) is 27.0 Å². The molecule has 7 heteroatoms. The first kappa shape index (κ1) is 20.7. The largest absolute Gasteiger partial charge is 0.478 e. The summed E-state index contributed by atoms with van der Waals surface area (Å²) in [7, 11) is 0. The molecule has 0 spiro atoms. The number of amides is 1. The molecule has 1 atom stereocenters. The minimum atomic E-state index is -4.38. The van der Waals surface area contributed by atoms with Crippen molar-refractivity contribution in [3.63, 3.8) is 0 Å². The third-order valence-electron chi connectivity index (χ3n) is 5.43. The molecule has 158 valence electrons. The van der Waals surface area contributed by atoms with Crippen LogP contribution in [0, 0.1) is 5.92 Å². The smallest absolute Gasteiger partial charge is 0.416 e. The van der Waals surface area contributed by atoms with Crippen LogP contribution in [0.25, 0.3) is 11.1 Å². The fourth-order valence-electron chi connectivity index (χ4n) is 3.74. The van der Waals surface area contributed by atoms with Gasteiger partial charge in [-0.15, -0.1) is 0 Å². The van der Waals surface area contributed by atoms with Crippen molar-refractivity contribution < 1.29 is 27.9 Å². The second kappa shape index (κ2) is 7.91. The van der Waals surface area contributed by atoms with Crippen molar-refractivity contribution in [1.29, 1.82) is 0 Å². The van der Waals surface area contributed by atoms with Gasteiger partial charge >= 0.3 is 12.1 Å². The first-order chi connectivity index (χ1) is 14.7. The molecule has 1 aliphatic heterocycles. The fourth-order valence-corrected chi connectivity index (χ4v) is 3.74. The van der Waals surface area contributed by atoms with Crippen LogP contribution in [0.3, 0.4) is 0 Å². The van der Waals surface area contributed by atoms with E-state index in [1.165, 1.54) is 24.3 Å². The van der Waals surface area contributed by atoms with Gasteiger partial charge in [-0.3, -0.25) is 4.79 Å². The van der Waals surface area contributed by atoms with E-state index in [2.05, 4.69) is 5.32 Å². The van der Waals surface area contributed by atoms with Crippen LogP contribution < -0.4 is 5.32 Å². The number of hydrogen-bond acceptors (Lipinski definition) is 2. The van der Waals surface area contributed by atoms with E-state index >= 15 is 0 Å². The molecule has 1 unspecified atom stereocenters. The normalized spacial score (nSPS) is 15.8. The minimum absolute atomic E-state index is 0.114. The molecule has 31 heavy (non-hydrogen) atoms. The van der Waals surface area contributed by atoms with E-state index in [1.807, 2.05) is 6.07 Å². The molecule has 4 rings (SSSR count). The van der Waals surface area contributed by atoms with Gasteiger partial charge in [0.2, 0.25) is 5.91 Å². The van der Waals surface area contributed by atoms with Crippen molar-refractivity contribution in [2.75, 3.05) is 5.32 Å². The van der Waals surface area contributed by atoms with Crippen LogP contribution in [0.2, 0.25) is 0 Å². The molecule has 0 bridgehead atoms. The molecule has 0 fully saturated rings. The third-order valence-corrected chi connectivity index (χ3v) is 5.43. The molecule has 3 aromatic carbocycles. The van der Waals surface area contributed by atoms with Gasteiger partial charge in [-0.1, -0.05) is 30.3 Å². The van der Waals surface area contributed by atoms with Gasteiger partial charge in [-0.05, 0) is 71.5 Å². The maximum absolute atomic E-state index is 12.8. The lowest BCUT2D eigenvalue weighted by Crippen LogP contribution is -2.31. The second-order valence-corrected chi connectivity index (χ2v) is 7.54. The van der Waals surface area contributed by atoms with Crippen LogP contribution in [0.15, 0.2) is 66.7 Å². The van der Waals surface area contributed by atoms with Gasteiger partial charge in [0, 0.05) is 11.6 Å². The number of carboxylic acid groups (broad SMARTS) is 1. The monoisotopic (exact) mass is 425 g/mol. The number of rotatable bonds is 4. The summed E-state index contributed by atoms with van der Waals surface area (Å²) in [5.74, 6) is -1.45. The van der Waals surface area contributed by atoms with E-state index in [9.17, 15) is 22.8 Å². The molecular formula is C24H18F3NO3. The van der Waals surface area contributed by atoms with E-state index < -0.39 is 17.7 Å². The Balaban J connectivity index is 1.54. The van der Waals surface area contributed by atoms with Crippen LogP contribution in [-0.2, 0) is 23.8 Å². The van der Waals surface area contributed by atoms with Gasteiger partial charge in [0.15, 0.2) is 0 Å². The number of benzene rings is 3. The summed E-state index contributed by atoms with van der Waals surface area (Å²) in [6, 6.07) is 16.8.